The maximum Gasteiger partial charge on any atom is 0.126 e. The van der Waals surface area contributed by atoms with Gasteiger partial charge in [0.2, 0.25) is 0 Å². The van der Waals surface area contributed by atoms with Crippen molar-refractivity contribution in [3.63, 3.8) is 0 Å². The molecule has 0 heterocycles. The highest BCUT2D eigenvalue weighted by molar-refractivity contribution is 5.05. The summed E-state index contributed by atoms with van der Waals surface area (Å²) in [5, 5.41) is 8.09. The Morgan fingerprint density at radius 3 is 2.12 bits per heavy atom. The highest BCUT2D eigenvalue weighted by Gasteiger charge is 2.10. The summed E-state index contributed by atoms with van der Waals surface area (Å²) in [7, 11) is 1.55. The molecular weight excluding hydrogens is 104 g/mol. The summed E-state index contributed by atoms with van der Waals surface area (Å²) in [6.45, 7) is 3.55. The fourth-order valence-electron chi connectivity index (χ4n) is 0.186. The number of methoxy groups -OCH3 is 1. The van der Waals surface area contributed by atoms with E-state index in [4.69, 9.17) is 9.84 Å². The van der Waals surface area contributed by atoms with E-state index in [1.165, 1.54) is 0 Å². The lowest BCUT2D eigenvalue weighted by atomic mass is 10.1. The molecule has 2 heteroatoms. The zero-order valence-electron chi connectivity index (χ0n) is 5.36. The van der Waals surface area contributed by atoms with Gasteiger partial charge in [0.1, 0.15) is 11.7 Å². The van der Waals surface area contributed by atoms with Crippen LogP contribution in [0, 0.1) is 12.0 Å². The predicted octanol–water partition coefficient (Wildman–Crippen LogP) is 0.745. The molecule has 0 saturated heterocycles. The molecule has 0 bridgehead atoms. The number of hydrogen-bond acceptors (Lipinski definition) is 2. The van der Waals surface area contributed by atoms with Crippen molar-refractivity contribution in [2.75, 3.05) is 7.11 Å². The third kappa shape index (κ3) is 2.49. The Labute approximate surface area is 49.5 Å². The van der Waals surface area contributed by atoms with E-state index in [9.17, 15) is 0 Å². The van der Waals surface area contributed by atoms with E-state index < -0.39 is 5.60 Å². The molecule has 1 N–H and O–H groups in total. The first-order valence-electron chi connectivity index (χ1n) is 2.34. The molecule has 0 radical (unpaired) electrons. The van der Waals surface area contributed by atoms with Crippen LogP contribution >= 0.6 is 0 Å². The lowest BCUT2D eigenvalue weighted by Crippen LogP contribution is -2.18. The smallest absolute Gasteiger partial charge is 0.126 e. The van der Waals surface area contributed by atoms with E-state index >= 15 is 0 Å². The van der Waals surface area contributed by atoms with Crippen molar-refractivity contribution >= 4 is 0 Å². The molecule has 0 fully saturated rings. The Hall–Kier alpha value is -0.680. The zero-order valence-corrected chi connectivity index (χ0v) is 5.36. The lowest BCUT2D eigenvalue weighted by Gasteiger charge is -2.12. The first kappa shape index (κ1) is 7.32. The van der Waals surface area contributed by atoms with Crippen LogP contribution in [0.2, 0.25) is 0 Å². The van der Waals surface area contributed by atoms with Gasteiger partial charge < -0.3 is 9.84 Å². The summed E-state index contributed by atoms with van der Waals surface area (Å²) in [6.07, 6.45) is 1.78. The predicted molar refractivity (Wildman–Crippen MR) is 30.8 cm³/mol. The molecule has 2 nitrogen and oxygen atoms in total. The number of aliphatic hydroxyl groups is 1. The molecule has 46 valence electrons. The van der Waals surface area contributed by atoms with Crippen LogP contribution in [0.25, 0.3) is 0 Å². The van der Waals surface area contributed by atoms with Gasteiger partial charge in [-0.1, -0.05) is 0 Å². The molecule has 0 aromatic heterocycles. The second-order valence-electron chi connectivity index (χ2n) is 1.95. The molecule has 0 amide bonds. The molecule has 0 atom stereocenters. The van der Waals surface area contributed by atoms with E-state index in [1.807, 2.05) is 0 Å². The highest BCUT2D eigenvalue weighted by atomic mass is 16.5. The SMILES string of the molecule is COC(C)(C)C#CO. The summed E-state index contributed by atoms with van der Waals surface area (Å²) in [6, 6.07) is 0. The molecule has 0 aliphatic heterocycles. The van der Waals surface area contributed by atoms with Crippen LogP contribution in [0.1, 0.15) is 13.8 Å². The number of ether oxygens (including phenoxy) is 1. The van der Waals surface area contributed by atoms with Crippen molar-refractivity contribution in [3.05, 3.63) is 0 Å². The molecule has 0 aromatic rings. The Bertz CT molecular complexity index is 116. The molecule has 0 aromatic carbocycles. The quantitative estimate of drug-likeness (QED) is 0.509. The summed E-state index contributed by atoms with van der Waals surface area (Å²) in [5.41, 5.74) is -0.519. The zero-order chi connectivity index (χ0) is 6.62. The van der Waals surface area contributed by atoms with Crippen molar-refractivity contribution < 1.29 is 9.84 Å². The van der Waals surface area contributed by atoms with Gasteiger partial charge in [-0.2, -0.15) is 0 Å². The van der Waals surface area contributed by atoms with Gasteiger partial charge in [0.15, 0.2) is 0 Å². The maximum absolute atomic E-state index is 8.09. The van der Waals surface area contributed by atoms with Crippen molar-refractivity contribution in [1.82, 2.24) is 0 Å². The van der Waals surface area contributed by atoms with Crippen molar-refractivity contribution in [2.45, 2.75) is 19.4 Å². The maximum atomic E-state index is 8.09. The standard InChI is InChI=1S/C6H10O2/c1-6(2,8-3)4-5-7/h7H,1-3H3. The Morgan fingerprint density at radius 1 is 1.50 bits per heavy atom. The molecule has 0 aliphatic rings. The van der Waals surface area contributed by atoms with Gasteiger partial charge in [0.25, 0.3) is 0 Å². The van der Waals surface area contributed by atoms with Crippen LogP contribution in [0.4, 0.5) is 0 Å². The largest absolute Gasteiger partial charge is 0.462 e. The normalized spacial score (nSPS) is 9.88. The molecule has 0 saturated carbocycles. The van der Waals surface area contributed by atoms with Gasteiger partial charge in [-0.15, -0.1) is 0 Å². The van der Waals surface area contributed by atoms with Crippen LogP contribution < -0.4 is 0 Å². The van der Waals surface area contributed by atoms with Crippen LogP contribution in [-0.2, 0) is 4.74 Å². The van der Waals surface area contributed by atoms with Crippen molar-refractivity contribution in [1.29, 1.82) is 0 Å². The van der Waals surface area contributed by atoms with E-state index in [1.54, 1.807) is 27.1 Å². The number of rotatable bonds is 1. The summed E-state index contributed by atoms with van der Waals surface area (Å²) in [4.78, 5) is 0. The minimum Gasteiger partial charge on any atom is -0.462 e. The molecule has 0 unspecified atom stereocenters. The van der Waals surface area contributed by atoms with Gasteiger partial charge in [0.05, 0.1) is 0 Å². The fraction of sp³-hybridized carbons (Fsp3) is 0.667. The average molecular weight is 114 g/mol. The second kappa shape index (κ2) is 2.58. The third-order valence-corrected chi connectivity index (χ3v) is 0.867. The number of hydrogen-bond donors (Lipinski definition) is 1. The van der Waals surface area contributed by atoms with E-state index in [0.29, 0.717) is 0 Å². The van der Waals surface area contributed by atoms with Crippen LogP contribution in [0.3, 0.4) is 0 Å². The molecule has 8 heavy (non-hydrogen) atoms. The third-order valence-electron chi connectivity index (χ3n) is 0.867. The average Bonchev–Trinajstić information content (AvgIpc) is 1.67. The highest BCUT2D eigenvalue weighted by Crippen LogP contribution is 2.02. The topological polar surface area (TPSA) is 29.5 Å². The lowest BCUT2D eigenvalue weighted by molar-refractivity contribution is 0.0735. The Balaban J connectivity index is 3.85. The fourth-order valence-corrected chi connectivity index (χ4v) is 0.186. The summed E-state index contributed by atoms with van der Waals surface area (Å²) >= 11 is 0. The minimum atomic E-state index is -0.519. The minimum absolute atomic E-state index is 0.519. The van der Waals surface area contributed by atoms with E-state index in [0.717, 1.165) is 0 Å². The summed E-state index contributed by atoms with van der Waals surface area (Å²) in [5.74, 6) is 2.45. The van der Waals surface area contributed by atoms with Crippen LogP contribution in [0.5, 0.6) is 0 Å². The van der Waals surface area contributed by atoms with Crippen LogP contribution in [-0.4, -0.2) is 17.8 Å². The van der Waals surface area contributed by atoms with E-state index in [-0.39, 0.29) is 0 Å². The van der Waals surface area contributed by atoms with Crippen molar-refractivity contribution in [2.24, 2.45) is 0 Å². The van der Waals surface area contributed by atoms with Crippen LogP contribution in [0.15, 0.2) is 0 Å². The van der Waals surface area contributed by atoms with Crippen molar-refractivity contribution in [3.8, 4) is 12.0 Å². The van der Waals surface area contributed by atoms with Gasteiger partial charge >= 0.3 is 0 Å². The molecule has 0 rings (SSSR count). The van der Waals surface area contributed by atoms with Gasteiger partial charge in [-0.3, -0.25) is 0 Å². The number of aliphatic hydroxyl groups excluding tert-OH is 1. The summed E-state index contributed by atoms with van der Waals surface area (Å²) < 4.78 is 4.84. The van der Waals surface area contributed by atoms with Gasteiger partial charge in [0, 0.05) is 7.11 Å². The molecule has 0 spiro atoms. The Morgan fingerprint density at radius 2 is 2.00 bits per heavy atom. The van der Waals surface area contributed by atoms with E-state index in [2.05, 4.69) is 5.92 Å². The second-order valence-corrected chi connectivity index (χ2v) is 1.95. The molecular formula is C6H10O2. The molecule has 0 aliphatic carbocycles. The monoisotopic (exact) mass is 114 g/mol. The van der Waals surface area contributed by atoms with Gasteiger partial charge in [-0.05, 0) is 19.8 Å². The first-order chi connectivity index (χ1) is 3.62. The van der Waals surface area contributed by atoms with Gasteiger partial charge in [-0.25, -0.2) is 0 Å². The first-order valence-corrected chi connectivity index (χ1v) is 2.34. The Kier molecular flexibility index (Phi) is 2.36.